The van der Waals surface area contributed by atoms with Crippen molar-refractivity contribution in [3.63, 3.8) is 0 Å². The zero-order chi connectivity index (χ0) is 11.9. The molecule has 2 rings (SSSR count). The minimum Gasteiger partial charge on any atom is -0.478 e. The van der Waals surface area contributed by atoms with Gasteiger partial charge in [0.15, 0.2) is 0 Å². The van der Waals surface area contributed by atoms with Crippen molar-refractivity contribution in [2.24, 2.45) is 5.73 Å². The minimum absolute atomic E-state index is 0.0297. The van der Waals surface area contributed by atoms with Crippen LogP contribution in [0, 0.1) is 0 Å². The molecule has 84 valence electrons. The van der Waals surface area contributed by atoms with Gasteiger partial charge in [-0.3, -0.25) is 0 Å². The molecule has 0 saturated heterocycles. The van der Waals surface area contributed by atoms with Gasteiger partial charge in [0.05, 0.1) is 15.9 Å². The third kappa shape index (κ3) is 1.52. The Bertz CT molecular complexity index is 601. The van der Waals surface area contributed by atoms with E-state index in [0.29, 0.717) is 5.56 Å². The van der Waals surface area contributed by atoms with Crippen molar-refractivity contribution in [1.29, 1.82) is 0 Å². The summed E-state index contributed by atoms with van der Waals surface area (Å²) in [6, 6.07) is 4.47. The largest absolute Gasteiger partial charge is 0.478 e. The number of carbonyl (C=O) groups is 1. The van der Waals surface area contributed by atoms with E-state index in [-0.39, 0.29) is 22.6 Å². The molecule has 0 fully saturated rings. The number of carboxylic acids is 1. The number of rotatable bonds is 2. The molecule has 16 heavy (non-hydrogen) atoms. The third-order valence-electron chi connectivity index (χ3n) is 2.38. The molecular formula is C10H9NO4S. The fourth-order valence-electron chi connectivity index (χ4n) is 1.61. The predicted octanol–water partition coefficient (Wildman–Crippen LogP) is 0.358. The van der Waals surface area contributed by atoms with Crippen LogP contribution in [0.4, 0.5) is 0 Å². The summed E-state index contributed by atoms with van der Waals surface area (Å²) in [4.78, 5) is 10.9. The molecule has 1 aromatic carbocycles. The van der Waals surface area contributed by atoms with Crippen LogP contribution in [-0.2, 0) is 21.2 Å². The smallest absolute Gasteiger partial charge is 0.337 e. The first-order chi connectivity index (χ1) is 7.45. The van der Waals surface area contributed by atoms with E-state index in [1.807, 2.05) is 0 Å². The monoisotopic (exact) mass is 239 g/mol. The minimum atomic E-state index is -3.61. The molecule has 0 radical (unpaired) electrons. The van der Waals surface area contributed by atoms with E-state index < -0.39 is 15.8 Å². The molecule has 0 amide bonds. The molecule has 0 aromatic heterocycles. The molecule has 0 unspecified atom stereocenters. The third-order valence-corrected chi connectivity index (χ3v) is 3.89. The van der Waals surface area contributed by atoms with Gasteiger partial charge in [-0.1, -0.05) is 6.07 Å². The number of hydrogen-bond donors (Lipinski definition) is 2. The van der Waals surface area contributed by atoms with Gasteiger partial charge in [0.1, 0.15) is 0 Å². The molecule has 6 heteroatoms. The molecule has 0 bridgehead atoms. The molecule has 1 aromatic rings. The molecular weight excluding hydrogens is 230 g/mol. The molecule has 1 aliphatic rings. The van der Waals surface area contributed by atoms with Crippen LogP contribution in [0.2, 0.25) is 0 Å². The molecule has 3 N–H and O–H groups in total. The summed E-state index contributed by atoms with van der Waals surface area (Å²) in [5.74, 6) is -1.25. The lowest BCUT2D eigenvalue weighted by Crippen LogP contribution is -2.01. The predicted molar refractivity (Wildman–Crippen MR) is 57.1 cm³/mol. The average molecular weight is 239 g/mol. The molecule has 1 heterocycles. The van der Waals surface area contributed by atoms with Gasteiger partial charge in [-0.2, -0.15) is 0 Å². The number of hydrogen-bond acceptors (Lipinski definition) is 4. The fourth-order valence-corrected chi connectivity index (χ4v) is 3.01. The van der Waals surface area contributed by atoms with Crippen molar-refractivity contribution < 1.29 is 18.3 Å². The Balaban J connectivity index is 2.73. The van der Waals surface area contributed by atoms with Crippen molar-refractivity contribution >= 4 is 21.4 Å². The van der Waals surface area contributed by atoms with Gasteiger partial charge < -0.3 is 10.8 Å². The summed E-state index contributed by atoms with van der Waals surface area (Å²) in [5.41, 5.74) is 6.13. The highest BCUT2D eigenvalue weighted by Crippen LogP contribution is 2.33. The van der Waals surface area contributed by atoms with E-state index in [9.17, 15) is 13.2 Å². The average Bonchev–Trinajstić information content (AvgIpc) is 2.50. The van der Waals surface area contributed by atoms with E-state index in [1.54, 1.807) is 6.07 Å². The lowest BCUT2D eigenvalue weighted by Gasteiger charge is -2.03. The Labute approximate surface area is 92.1 Å². The number of aliphatic carboxylic acids is 1. The van der Waals surface area contributed by atoms with Crippen LogP contribution in [0.3, 0.4) is 0 Å². The van der Waals surface area contributed by atoms with E-state index in [2.05, 4.69) is 0 Å². The highest BCUT2D eigenvalue weighted by Gasteiger charge is 2.30. The quantitative estimate of drug-likeness (QED) is 0.776. The molecule has 0 atom stereocenters. The lowest BCUT2D eigenvalue weighted by molar-refractivity contribution is -0.130. The summed E-state index contributed by atoms with van der Waals surface area (Å²) < 4.78 is 23.2. The first-order valence-corrected chi connectivity index (χ1v) is 6.04. The normalized spacial score (nSPS) is 16.7. The van der Waals surface area contributed by atoms with Crippen molar-refractivity contribution in [1.82, 2.24) is 0 Å². The van der Waals surface area contributed by atoms with Crippen LogP contribution < -0.4 is 5.73 Å². The number of fused-ring (bicyclic) bond motifs is 1. The SMILES string of the molecule is NCc1ccc2c(c1)C(C(=O)O)=CS2(=O)=O. The Morgan fingerprint density at radius 3 is 2.62 bits per heavy atom. The Hall–Kier alpha value is -1.66. The summed E-state index contributed by atoms with van der Waals surface area (Å²) in [6.45, 7) is 0.236. The fraction of sp³-hybridized carbons (Fsp3) is 0.100. The van der Waals surface area contributed by atoms with Gasteiger partial charge in [-0.05, 0) is 17.7 Å². The van der Waals surface area contributed by atoms with Crippen molar-refractivity contribution in [2.45, 2.75) is 11.4 Å². The highest BCUT2D eigenvalue weighted by atomic mass is 32.2. The van der Waals surface area contributed by atoms with Gasteiger partial charge in [-0.25, -0.2) is 13.2 Å². The van der Waals surface area contributed by atoms with Crippen LogP contribution in [-0.4, -0.2) is 19.5 Å². The lowest BCUT2D eigenvalue weighted by atomic mass is 10.0. The zero-order valence-electron chi connectivity index (χ0n) is 8.17. The number of nitrogens with two attached hydrogens (primary N) is 1. The van der Waals surface area contributed by atoms with Crippen LogP contribution in [0.15, 0.2) is 28.5 Å². The summed E-state index contributed by atoms with van der Waals surface area (Å²) in [5, 5.41) is 9.67. The van der Waals surface area contributed by atoms with Crippen molar-refractivity contribution in [3.05, 3.63) is 34.7 Å². The first-order valence-electron chi connectivity index (χ1n) is 4.49. The summed E-state index contributed by atoms with van der Waals surface area (Å²) >= 11 is 0. The van der Waals surface area contributed by atoms with Crippen LogP contribution in [0.5, 0.6) is 0 Å². The van der Waals surface area contributed by atoms with Crippen molar-refractivity contribution in [2.75, 3.05) is 0 Å². The number of carboxylic acid groups (broad SMARTS) is 1. The van der Waals surface area contributed by atoms with Gasteiger partial charge >= 0.3 is 5.97 Å². The van der Waals surface area contributed by atoms with Gasteiger partial charge in [0, 0.05) is 12.1 Å². The van der Waals surface area contributed by atoms with E-state index in [1.165, 1.54) is 12.1 Å². The van der Waals surface area contributed by atoms with Gasteiger partial charge in [-0.15, -0.1) is 0 Å². The summed E-state index contributed by atoms with van der Waals surface area (Å²) in [7, 11) is -3.61. The maximum atomic E-state index is 11.6. The summed E-state index contributed by atoms with van der Waals surface area (Å²) in [6.07, 6.45) is 0. The zero-order valence-corrected chi connectivity index (χ0v) is 8.99. The standard InChI is InChI=1S/C10H9NO4S/c11-4-6-1-2-9-7(3-6)8(10(12)13)5-16(9,14)15/h1-3,5H,4,11H2,(H,12,13). The molecule has 0 spiro atoms. The van der Waals surface area contributed by atoms with E-state index in [0.717, 1.165) is 5.41 Å². The maximum Gasteiger partial charge on any atom is 0.337 e. The van der Waals surface area contributed by atoms with Gasteiger partial charge in [0.25, 0.3) is 0 Å². The van der Waals surface area contributed by atoms with Gasteiger partial charge in [0.2, 0.25) is 9.84 Å². The van der Waals surface area contributed by atoms with Crippen LogP contribution in [0.1, 0.15) is 11.1 Å². The second kappa shape index (κ2) is 3.43. The number of sulfone groups is 1. The van der Waals surface area contributed by atoms with Crippen LogP contribution in [0.25, 0.3) is 5.57 Å². The molecule has 5 nitrogen and oxygen atoms in total. The van der Waals surface area contributed by atoms with Crippen LogP contribution >= 0.6 is 0 Å². The van der Waals surface area contributed by atoms with Crippen molar-refractivity contribution in [3.8, 4) is 0 Å². The second-order valence-electron chi connectivity index (χ2n) is 3.42. The van der Waals surface area contributed by atoms with E-state index in [4.69, 9.17) is 10.8 Å². The Morgan fingerprint density at radius 1 is 1.38 bits per heavy atom. The second-order valence-corrected chi connectivity index (χ2v) is 5.18. The molecule has 0 aliphatic carbocycles. The molecule has 1 aliphatic heterocycles. The maximum absolute atomic E-state index is 11.6. The Kier molecular flexibility index (Phi) is 2.32. The first kappa shape index (κ1) is 10.8. The molecule has 0 saturated carbocycles. The van der Waals surface area contributed by atoms with E-state index >= 15 is 0 Å². The highest BCUT2D eigenvalue weighted by molar-refractivity contribution is 7.95. The topological polar surface area (TPSA) is 97.5 Å². The number of benzene rings is 1. The Morgan fingerprint density at radius 2 is 2.06 bits per heavy atom.